The molecule has 3 aliphatic heterocycles. The highest BCUT2D eigenvalue weighted by molar-refractivity contribution is 7.82. The quantitative estimate of drug-likeness (QED) is 0.534. The third-order valence-electron chi connectivity index (χ3n) is 2.71. The van der Waals surface area contributed by atoms with E-state index >= 15 is 0 Å². The maximum atomic E-state index is 11.8. The van der Waals surface area contributed by atoms with Gasteiger partial charge in [0.2, 0.25) is 0 Å². The van der Waals surface area contributed by atoms with E-state index in [1.807, 2.05) is 0 Å². The van der Waals surface area contributed by atoms with E-state index in [0.717, 1.165) is 0 Å². The predicted octanol–water partition coefficient (Wildman–Crippen LogP) is 0.174. The van der Waals surface area contributed by atoms with Crippen LogP contribution in [-0.4, -0.2) is 56.0 Å². The lowest BCUT2D eigenvalue weighted by Gasteiger charge is -2.36. The van der Waals surface area contributed by atoms with E-state index in [1.54, 1.807) is 6.92 Å². The molecule has 0 aliphatic carbocycles. The SMILES string of the molecule is CC1COP(F)O1.O=S1(=O)OCC2(CO1)COS(=O)(=O)OC2. The van der Waals surface area contributed by atoms with Crippen LogP contribution in [0.5, 0.6) is 0 Å². The van der Waals surface area contributed by atoms with Gasteiger partial charge in [0.1, 0.15) is 0 Å². The molecular formula is C8H14FO10PS2. The number of rotatable bonds is 0. The molecule has 2 unspecified atom stereocenters. The fraction of sp³-hybridized carbons (Fsp3) is 1.00. The maximum absolute atomic E-state index is 11.8. The average molecular weight is 384 g/mol. The molecule has 2 atom stereocenters. The summed E-state index contributed by atoms with van der Waals surface area (Å²) in [6.45, 7) is 1.32. The molecule has 3 saturated heterocycles. The lowest BCUT2D eigenvalue weighted by molar-refractivity contribution is -0.0598. The Morgan fingerprint density at radius 1 is 0.955 bits per heavy atom. The Bertz CT molecular complexity index is 509. The summed E-state index contributed by atoms with van der Waals surface area (Å²) in [6, 6.07) is 0. The lowest BCUT2D eigenvalue weighted by atomic mass is 9.93. The highest BCUT2D eigenvalue weighted by atomic mass is 32.3. The predicted molar refractivity (Wildman–Crippen MR) is 68.6 cm³/mol. The second-order valence-corrected chi connectivity index (χ2v) is 8.26. The van der Waals surface area contributed by atoms with Crippen molar-refractivity contribution >= 4 is 29.5 Å². The summed E-state index contributed by atoms with van der Waals surface area (Å²) < 4.78 is 81.5. The smallest absolute Gasteiger partial charge is 0.306 e. The molecule has 10 nitrogen and oxygen atoms in total. The van der Waals surface area contributed by atoms with Gasteiger partial charge in [-0.1, -0.05) is 0 Å². The Morgan fingerprint density at radius 2 is 1.36 bits per heavy atom. The minimum absolute atomic E-state index is 0.0453. The molecule has 3 fully saturated rings. The summed E-state index contributed by atoms with van der Waals surface area (Å²) in [6.07, 6.45) is -0.0453. The normalized spacial score (nSPS) is 35.5. The topological polar surface area (TPSA) is 124 Å². The molecule has 130 valence electrons. The molecule has 22 heavy (non-hydrogen) atoms. The van der Waals surface area contributed by atoms with Crippen molar-refractivity contribution in [3.63, 3.8) is 0 Å². The molecule has 0 amide bonds. The first-order valence-electron chi connectivity index (χ1n) is 5.95. The van der Waals surface area contributed by atoms with Crippen LogP contribution in [0.2, 0.25) is 0 Å². The lowest BCUT2D eigenvalue weighted by Crippen LogP contribution is -2.50. The number of hydrogen-bond acceptors (Lipinski definition) is 10. The van der Waals surface area contributed by atoms with E-state index in [2.05, 4.69) is 25.8 Å². The Kier molecular flexibility index (Phi) is 5.73. The largest absolute Gasteiger partial charge is 0.399 e. The highest BCUT2D eigenvalue weighted by Gasteiger charge is 2.45. The number of hydrogen-bond donors (Lipinski definition) is 0. The zero-order chi connectivity index (χ0) is 16.4. The monoisotopic (exact) mass is 384 g/mol. The zero-order valence-corrected chi connectivity index (χ0v) is 13.9. The third-order valence-corrected chi connectivity index (χ3v) is 5.22. The van der Waals surface area contributed by atoms with Gasteiger partial charge in [0.05, 0.1) is 44.6 Å². The van der Waals surface area contributed by atoms with Crippen molar-refractivity contribution in [3.05, 3.63) is 0 Å². The molecule has 0 aromatic rings. The first-order valence-corrected chi connectivity index (χ1v) is 9.68. The van der Waals surface area contributed by atoms with E-state index in [1.165, 1.54) is 0 Å². The van der Waals surface area contributed by atoms with E-state index in [0.29, 0.717) is 6.61 Å². The van der Waals surface area contributed by atoms with E-state index in [9.17, 15) is 21.0 Å². The molecule has 1 spiro atoms. The minimum Gasteiger partial charge on any atom is -0.306 e. The first kappa shape index (κ1) is 18.4. The van der Waals surface area contributed by atoms with Gasteiger partial charge in [-0.3, -0.25) is 0 Å². The molecule has 3 rings (SSSR count). The zero-order valence-electron chi connectivity index (χ0n) is 11.3. The molecule has 3 aliphatic rings. The molecular weight excluding hydrogens is 370 g/mol. The second kappa shape index (κ2) is 6.87. The molecule has 0 saturated carbocycles. The maximum Gasteiger partial charge on any atom is 0.399 e. The first-order chi connectivity index (χ1) is 10.1. The Labute approximate surface area is 128 Å². The molecule has 0 aromatic heterocycles. The van der Waals surface area contributed by atoms with Gasteiger partial charge in [-0.05, 0) is 6.92 Å². The van der Waals surface area contributed by atoms with E-state index in [-0.39, 0.29) is 32.5 Å². The van der Waals surface area contributed by atoms with Crippen LogP contribution in [-0.2, 0) is 46.6 Å². The molecule has 3 heterocycles. The molecule has 14 heteroatoms. The van der Waals surface area contributed by atoms with Crippen LogP contribution in [0.1, 0.15) is 6.92 Å². The van der Waals surface area contributed by atoms with Gasteiger partial charge in [-0.15, -0.1) is 0 Å². The van der Waals surface area contributed by atoms with Gasteiger partial charge >= 0.3 is 29.5 Å². The molecule has 0 bridgehead atoms. The fourth-order valence-electron chi connectivity index (χ4n) is 1.47. The Hall–Kier alpha value is 0.0200. The second-order valence-electron chi connectivity index (χ2n) is 4.79. The molecule has 0 N–H and O–H groups in total. The van der Waals surface area contributed by atoms with Gasteiger partial charge in [0, 0.05) is 0 Å². The van der Waals surface area contributed by atoms with Gasteiger partial charge < -0.3 is 9.05 Å². The Morgan fingerprint density at radius 3 is 1.59 bits per heavy atom. The van der Waals surface area contributed by atoms with Crippen LogP contribution in [0.3, 0.4) is 0 Å². The van der Waals surface area contributed by atoms with Crippen LogP contribution in [0.4, 0.5) is 4.20 Å². The standard InChI is InChI=1S/C5H8O8S2.C3H6FO2P/c6-14(7)10-1-5(2-11-14)3-12-15(8,9)13-4-5;1-3-2-5-7(4)6-3/h1-4H2;3H,2H2,1H3. The summed E-state index contributed by atoms with van der Waals surface area (Å²) >= 11 is 0. The van der Waals surface area contributed by atoms with Crippen molar-refractivity contribution in [3.8, 4) is 0 Å². The van der Waals surface area contributed by atoms with Gasteiger partial charge in [-0.25, -0.2) is 16.7 Å². The summed E-state index contributed by atoms with van der Waals surface area (Å²) in [5.74, 6) is 0. The van der Waals surface area contributed by atoms with Crippen molar-refractivity contribution < 1.29 is 46.8 Å². The van der Waals surface area contributed by atoms with Crippen molar-refractivity contribution in [2.24, 2.45) is 5.41 Å². The van der Waals surface area contributed by atoms with Crippen molar-refractivity contribution in [2.45, 2.75) is 13.0 Å². The van der Waals surface area contributed by atoms with Crippen molar-refractivity contribution in [1.82, 2.24) is 0 Å². The van der Waals surface area contributed by atoms with Crippen molar-refractivity contribution in [2.75, 3.05) is 33.0 Å². The highest BCUT2D eigenvalue weighted by Crippen LogP contribution is 2.46. The Balaban J connectivity index is 0.000000211. The summed E-state index contributed by atoms with van der Waals surface area (Å²) in [5.41, 5.74) is -0.878. The number of halogens is 1. The average Bonchev–Trinajstić information content (AvgIpc) is 2.81. The summed E-state index contributed by atoms with van der Waals surface area (Å²) in [7, 11) is -9.90. The minimum atomic E-state index is -3.95. The van der Waals surface area contributed by atoms with Crippen molar-refractivity contribution in [1.29, 1.82) is 0 Å². The summed E-state index contributed by atoms with van der Waals surface area (Å²) in [5, 5.41) is 0. The third kappa shape index (κ3) is 5.28. The molecule has 0 aromatic carbocycles. The van der Waals surface area contributed by atoms with Gasteiger partial charge in [-0.2, -0.15) is 21.0 Å². The van der Waals surface area contributed by atoms with Gasteiger partial charge in [0.15, 0.2) is 0 Å². The van der Waals surface area contributed by atoms with Crippen LogP contribution in [0.15, 0.2) is 0 Å². The van der Waals surface area contributed by atoms with E-state index < -0.39 is 34.9 Å². The van der Waals surface area contributed by atoms with Gasteiger partial charge in [0.25, 0.3) is 0 Å². The molecule has 0 radical (unpaired) electrons. The van der Waals surface area contributed by atoms with E-state index in [4.69, 9.17) is 0 Å². The summed E-state index contributed by atoms with van der Waals surface area (Å²) in [4.78, 5) is 0. The van der Waals surface area contributed by atoms with Crippen LogP contribution in [0.25, 0.3) is 0 Å². The fourth-order valence-corrected chi connectivity index (χ4v) is 3.92. The van der Waals surface area contributed by atoms with Crippen LogP contribution >= 0.6 is 8.69 Å². The van der Waals surface area contributed by atoms with Crippen LogP contribution < -0.4 is 0 Å². The van der Waals surface area contributed by atoms with Crippen LogP contribution in [0, 0.1) is 5.41 Å².